The lowest BCUT2D eigenvalue weighted by atomic mass is 9.85. The summed E-state index contributed by atoms with van der Waals surface area (Å²) in [6.07, 6.45) is 1.48. The average molecular weight is 186 g/mol. The largest absolute Gasteiger partial charge is 0.370 e. The van der Waals surface area contributed by atoms with Crippen LogP contribution in [0.15, 0.2) is 0 Å². The quantitative estimate of drug-likeness (QED) is 0.656. The minimum atomic E-state index is -0.236. The highest BCUT2D eigenvalue weighted by Gasteiger charge is 2.29. The van der Waals surface area contributed by atoms with Crippen LogP contribution >= 0.6 is 0 Å². The molecule has 0 heterocycles. The van der Waals surface area contributed by atoms with Crippen molar-refractivity contribution >= 4 is 5.91 Å². The maximum absolute atomic E-state index is 10.9. The second-order valence-corrected chi connectivity index (χ2v) is 4.14. The molecule has 0 fully saturated rings. The number of hydrogen-bond donors (Lipinski definition) is 2. The molecule has 0 rings (SSSR count). The van der Waals surface area contributed by atoms with Gasteiger partial charge in [0.05, 0.1) is 0 Å². The Kier molecular flexibility index (Phi) is 4.99. The lowest BCUT2D eigenvalue weighted by Crippen LogP contribution is -2.49. The van der Waals surface area contributed by atoms with Gasteiger partial charge in [0.1, 0.15) is 0 Å². The van der Waals surface area contributed by atoms with Gasteiger partial charge in [0.25, 0.3) is 0 Å². The van der Waals surface area contributed by atoms with Gasteiger partial charge in [-0.1, -0.05) is 20.8 Å². The number of carbonyl (C=O) groups excluding carboxylic acids is 1. The number of nitrogens with one attached hydrogen (secondary N) is 1. The highest BCUT2D eigenvalue weighted by molar-refractivity contribution is 5.75. The number of amides is 1. The monoisotopic (exact) mass is 186 g/mol. The number of rotatable bonds is 6. The van der Waals surface area contributed by atoms with Crippen molar-refractivity contribution in [2.45, 2.75) is 46.1 Å². The van der Waals surface area contributed by atoms with E-state index in [-0.39, 0.29) is 11.4 Å². The van der Waals surface area contributed by atoms with Crippen LogP contribution in [0.5, 0.6) is 0 Å². The average Bonchev–Trinajstić information content (AvgIpc) is 1.99. The van der Waals surface area contributed by atoms with Crippen LogP contribution in [0.2, 0.25) is 0 Å². The Morgan fingerprint density at radius 1 is 1.54 bits per heavy atom. The molecule has 0 saturated carbocycles. The molecular formula is C10H22N2O. The molecular weight excluding hydrogens is 164 g/mol. The van der Waals surface area contributed by atoms with Crippen molar-refractivity contribution in [1.82, 2.24) is 5.32 Å². The van der Waals surface area contributed by atoms with E-state index in [1.807, 2.05) is 0 Å². The van der Waals surface area contributed by atoms with E-state index in [1.54, 1.807) is 0 Å². The molecule has 1 amide bonds. The highest BCUT2D eigenvalue weighted by atomic mass is 16.1. The van der Waals surface area contributed by atoms with Crippen molar-refractivity contribution in [3.8, 4) is 0 Å². The first-order chi connectivity index (χ1) is 5.92. The van der Waals surface area contributed by atoms with Gasteiger partial charge in [0.15, 0.2) is 0 Å². The number of hydrogen-bond acceptors (Lipinski definition) is 2. The summed E-state index contributed by atoms with van der Waals surface area (Å²) in [6, 6.07) is 0. The van der Waals surface area contributed by atoms with E-state index in [0.717, 1.165) is 13.0 Å². The van der Waals surface area contributed by atoms with E-state index in [9.17, 15) is 4.79 Å². The molecule has 13 heavy (non-hydrogen) atoms. The van der Waals surface area contributed by atoms with Crippen LogP contribution in [0.1, 0.15) is 40.5 Å². The van der Waals surface area contributed by atoms with Crippen molar-refractivity contribution in [1.29, 1.82) is 0 Å². The molecule has 0 aromatic carbocycles. The Balaban J connectivity index is 4.24. The first-order valence-electron chi connectivity index (χ1n) is 4.95. The van der Waals surface area contributed by atoms with Gasteiger partial charge in [-0.3, -0.25) is 4.79 Å². The molecule has 0 aliphatic carbocycles. The first kappa shape index (κ1) is 12.4. The van der Waals surface area contributed by atoms with Crippen LogP contribution in [0.25, 0.3) is 0 Å². The fourth-order valence-electron chi connectivity index (χ4n) is 1.24. The van der Waals surface area contributed by atoms with E-state index < -0.39 is 0 Å². The maximum Gasteiger partial charge on any atom is 0.219 e. The third kappa shape index (κ3) is 4.27. The Morgan fingerprint density at radius 2 is 2.08 bits per heavy atom. The van der Waals surface area contributed by atoms with Crippen LogP contribution < -0.4 is 11.1 Å². The molecule has 1 atom stereocenters. The Hall–Kier alpha value is -0.570. The summed E-state index contributed by atoms with van der Waals surface area (Å²) in [5.41, 5.74) is 5.06. The molecule has 3 nitrogen and oxygen atoms in total. The zero-order chi connectivity index (χ0) is 10.5. The number of primary amides is 1. The van der Waals surface area contributed by atoms with Gasteiger partial charge >= 0.3 is 0 Å². The summed E-state index contributed by atoms with van der Waals surface area (Å²) >= 11 is 0. The fraction of sp³-hybridized carbons (Fsp3) is 0.900. The van der Waals surface area contributed by atoms with Crippen LogP contribution in [0.4, 0.5) is 0 Å². The van der Waals surface area contributed by atoms with Crippen LogP contribution in [-0.4, -0.2) is 18.0 Å². The summed E-state index contributed by atoms with van der Waals surface area (Å²) in [5, 5.41) is 3.38. The van der Waals surface area contributed by atoms with Crippen LogP contribution in [0.3, 0.4) is 0 Å². The van der Waals surface area contributed by atoms with Crippen LogP contribution in [0, 0.1) is 5.92 Å². The predicted molar refractivity (Wildman–Crippen MR) is 55.3 cm³/mol. The van der Waals surface area contributed by atoms with Gasteiger partial charge in [-0.15, -0.1) is 0 Å². The first-order valence-corrected chi connectivity index (χ1v) is 4.95. The molecule has 0 radical (unpaired) electrons. The summed E-state index contributed by atoms with van der Waals surface area (Å²) in [4.78, 5) is 10.9. The molecule has 1 unspecified atom stereocenters. The minimum absolute atomic E-state index is 0.151. The zero-order valence-electron chi connectivity index (χ0n) is 9.18. The molecule has 0 aliphatic heterocycles. The lowest BCUT2D eigenvalue weighted by Gasteiger charge is -2.34. The van der Waals surface area contributed by atoms with E-state index >= 15 is 0 Å². The predicted octanol–water partition coefficient (Wildman–Crippen LogP) is 1.28. The zero-order valence-corrected chi connectivity index (χ0v) is 9.18. The standard InChI is InChI=1S/C10H22N2O/c1-5-6-12-10(4,8(2)3)7-9(11)13/h8,12H,5-7H2,1-4H3,(H2,11,13). The van der Waals surface area contributed by atoms with Crippen molar-refractivity contribution in [2.75, 3.05) is 6.54 Å². The third-order valence-corrected chi connectivity index (χ3v) is 2.59. The van der Waals surface area contributed by atoms with Gasteiger partial charge in [-0.05, 0) is 25.8 Å². The maximum atomic E-state index is 10.9. The number of carbonyl (C=O) groups is 1. The highest BCUT2D eigenvalue weighted by Crippen LogP contribution is 2.20. The normalized spacial score (nSPS) is 15.8. The summed E-state index contributed by atoms with van der Waals surface area (Å²) in [7, 11) is 0. The molecule has 0 saturated heterocycles. The van der Waals surface area contributed by atoms with Gasteiger partial charge < -0.3 is 11.1 Å². The van der Waals surface area contributed by atoms with E-state index in [4.69, 9.17) is 5.73 Å². The van der Waals surface area contributed by atoms with Gasteiger partial charge in [-0.25, -0.2) is 0 Å². The molecule has 3 heteroatoms. The summed E-state index contributed by atoms with van der Waals surface area (Å²) < 4.78 is 0. The smallest absolute Gasteiger partial charge is 0.219 e. The molecule has 0 bridgehead atoms. The van der Waals surface area contributed by atoms with Crippen molar-refractivity contribution < 1.29 is 4.79 Å². The molecule has 0 aliphatic rings. The second-order valence-electron chi connectivity index (χ2n) is 4.14. The Labute approximate surface area is 81.1 Å². The van der Waals surface area contributed by atoms with E-state index in [2.05, 4.69) is 33.0 Å². The Bertz CT molecular complexity index is 168. The van der Waals surface area contributed by atoms with Gasteiger partial charge in [0, 0.05) is 12.0 Å². The van der Waals surface area contributed by atoms with Crippen molar-refractivity contribution in [3.63, 3.8) is 0 Å². The molecule has 0 aromatic heterocycles. The lowest BCUT2D eigenvalue weighted by molar-refractivity contribution is -0.119. The van der Waals surface area contributed by atoms with Crippen molar-refractivity contribution in [3.05, 3.63) is 0 Å². The Morgan fingerprint density at radius 3 is 2.38 bits per heavy atom. The SMILES string of the molecule is CCCNC(C)(CC(N)=O)C(C)C. The molecule has 78 valence electrons. The summed E-state index contributed by atoms with van der Waals surface area (Å²) in [6.45, 7) is 9.30. The molecule has 3 N–H and O–H groups in total. The van der Waals surface area contributed by atoms with Crippen LogP contribution in [-0.2, 0) is 4.79 Å². The van der Waals surface area contributed by atoms with Gasteiger partial charge in [-0.2, -0.15) is 0 Å². The van der Waals surface area contributed by atoms with Gasteiger partial charge in [0.2, 0.25) is 5.91 Å². The number of nitrogens with two attached hydrogens (primary N) is 1. The third-order valence-electron chi connectivity index (χ3n) is 2.59. The topological polar surface area (TPSA) is 55.1 Å². The summed E-state index contributed by atoms with van der Waals surface area (Å²) in [5.74, 6) is 0.173. The molecule has 0 aromatic rings. The fourth-order valence-corrected chi connectivity index (χ4v) is 1.24. The van der Waals surface area contributed by atoms with E-state index in [0.29, 0.717) is 12.3 Å². The van der Waals surface area contributed by atoms with E-state index in [1.165, 1.54) is 0 Å². The van der Waals surface area contributed by atoms with Crippen molar-refractivity contribution in [2.24, 2.45) is 11.7 Å². The minimum Gasteiger partial charge on any atom is -0.370 e. The molecule has 0 spiro atoms. The second kappa shape index (κ2) is 5.22.